The van der Waals surface area contributed by atoms with Gasteiger partial charge in [-0.2, -0.15) is 0 Å². The summed E-state index contributed by atoms with van der Waals surface area (Å²) in [6, 6.07) is 6.14. The summed E-state index contributed by atoms with van der Waals surface area (Å²) in [7, 11) is 1.84. The first kappa shape index (κ1) is 12.0. The number of hydrogen-bond acceptors (Lipinski definition) is 3. The van der Waals surface area contributed by atoms with Crippen LogP contribution in [0.2, 0.25) is 0 Å². The quantitative estimate of drug-likeness (QED) is 0.849. The van der Waals surface area contributed by atoms with Crippen molar-refractivity contribution in [1.82, 2.24) is 15.2 Å². The minimum Gasteiger partial charge on any atom is -0.340 e. The molecular formula is C13H19N3O. The van der Waals surface area contributed by atoms with E-state index in [1.165, 1.54) is 6.42 Å². The number of pyridine rings is 1. The molecule has 0 aromatic carbocycles. The van der Waals surface area contributed by atoms with Gasteiger partial charge < -0.3 is 10.2 Å². The summed E-state index contributed by atoms with van der Waals surface area (Å²) < 4.78 is 0. The van der Waals surface area contributed by atoms with Crippen LogP contribution in [-0.4, -0.2) is 35.4 Å². The highest BCUT2D eigenvalue weighted by atomic mass is 16.2. The zero-order chi connectivity index (χ0) is 12.1. The van der Waals surface area contributed by atoms with Crippen LogP contribution in [0.1, 0.15) is 25.0 Å². The summed E-state index contributed by atoms with van der Waals surface area (Å²) in [5, 5.41) is 3.34. The molecule has 1 fully saturated rings. The zero-order valence-corrected chi connectivity index (χ0v) is 10.2. The zero-order valence-electron chi connectivity index (χ0n) is 10.2. The topological polar surface area (TPSA) is 45.2 Å². The van der Waals surface area contributed by atoms with Gasteiger partial charge in [-0.25, -0.2) is 0 Å². The van der Waals surface area contributed by atoms with Gasteiger partial charge in [0.15, 0.2) is 0 Å². The van der Waals surface area contributed by atoms with Crippen molar-refractivity contribution >= 4 is 5.91 Å². The lowest BCUT2D eigenvalue weighted by atomic mass is 10.1. The molecule has 1 aromatic heterocycles. The van der Waals surface area contributed by atoms with E-state index in [0.29, 0.717) is 19.0 Å². The highest BCUT2D eigenvalue weighted by molar-refractivity contribution is 5.76. The molecule has 1 unspecified atom stereocenters. The summed E-state index contributed by atoms with van der Waals surface area (Å²) >= 11 is 0. The van der Waals surface area contributed by atoms with Crippen molar-refractivity contribution in [2.75, 3.05) is 13.6 Å². The third-order valence-corrected chi connectivity index (χ3v) is 3.13. The third kappa shape index (κ3) is 3.53. The van der Waals surface area contributed by atoms with E-state index in [4.69, 9.17) is 0 Å². The Labute approximate surface area is 102 Å². The molecule has 1 N–H and O–H groups in total. The van der Waals surface area contributed by atoms with Crippen molar-refractivity contribution in [2.45, 2.75) is 31.8 Å². The number of nitrogens with one attached hydrogen (secondary N) is 1. The Balaban J connectivity index is 1.82. The van der Waals surface area contributed by atoms with Crippen molar-refractivity contribution in [3.8, 4) is 0 Å². The fourth-order valence-corrected chi connectivity index (χ4v) is 2.12. The predicted octanol–water partition coefficient (Wildman–Crippen LogP) is 1.18. The van der Waals surface area contributed by atoms with Gasteiger partial charge >= 0.3 is 0 Å². The fraction of sp³-hybridized carbons (Fsp3) is 0.538. The lowest BCUT2D eigenvalue weighted by Crippen LogP contribution is -2.33. The van der Waals surface area contributed by atoms with Crippen LogP contribution < -0.4 is 5.32 Å². The molecule has 0 bridgehead atoms. The van der Waals surface area contributed by atoms with Crippen molar-refractivity contribution in [3.63, 3.8) is 0 Å². The monoisotopic (exact) mass is 233 g/mol. The number of rotatable bonds is 4. The highest BCUT2D eigenvalue weighted by Gasteiger charge is 2.19. The van der Waals surface area contributed by atoms with Gasteiger partial charge in [-0.1, -0.05) is 6.07 Å². The van der Waals surface area contributed by atoms with Gasteiger partial charge in [0.05, 0.1) is 12.2 Å². The lowest BCUT2D eigenvalue weighted by molar-refractivity contribution is -0.130. The van der Waals surface area contributed by atoms with E-state index < -0.39 is 0 Å². The summed E-state index contributed by atoms with van der Waals surface area (Å²) in [5.41, 5.74) is 0.933. The van der Waals surface area contributed by atoms with Crippen LogP contribution in [0.15, 0.2) is 24.4 Å². The van der Waals surface area contributed by atoms with E-state index in [1.54, 1.807) is 11.1 Å². The standard InChI is InChI=1S/C13H19N3O/c1-16(10-12-5-2-3-7-15-12)13(17)9-11-6-4-8-14-11/h2-3,5,7,11,14H,4,6,8-10H2,1H3. The van der Waals surface area contributed by atoms with Crippen LogP contribution in [0.25, 0.3) is 0 Å². The van der Waals surface area contributed by atoms with E-state index in [-0.39, 0.29) is 5.91 Å². The van der Waals surface area contributed by atoms with Gasteiger partial charge in [0.1, 0.15) is 0 Å². The molecule has 17 heavy (non-hydrogen) atoms. The van der Waals surface area contributed by atoms with Gasteiger partial charge in [0.2, 0.25) is 5.91 Å². The van der Waals surface area contributed by atoms with Crippen LogP contribution in [0.4, 0.5) is 0 Å². The average molecular weight is 233 g/mol. The first-order valence-corrected chi connectivity index (χ1v) is 6.13. The van der Waals surface area contributed by atoms with Gasteiger partial charge in [-0.15, -0.1) is 0 Å². The Bertz CT molecular complexity index is 360. The molecule has 2 rings (SSSR count). The van der Waals surface area contributed by atoms with Gasteiger partial charge in [0.25, 0.3) is 0 Å². The minimum absolute atomic E-state index is 0.190. The van der Waals surface area contributed by atoms with Crippen molar-refractivity contribution < 1.29 is 4.79 Å². The molecule has 2 heterocycles. The Morgan fingerprint density at radius 1 is 1.59 bits per heavy atom. The Hall–Kier alpha value is -1.42. The van der Waals surface area contributed by atoms with Crippen molar-refractivity contribution in [1.29, 1.82) is 0 Å². The predicted molar refractivity (Wildman–Crippen MR) is 66.4 cm³/mol. The molecule has 0 spiro atoms. The van der Waals surface area contributed by atoms with Crippen molar-refractivity contribution in [2.24, 2.45) is 0 Å². The van der Waals surface area contributed by atoms with Crippen LogP contribution in [0, 0.1) is 0 Å². The largest absolute Gasteiger partial charge is 0.340 e. The first-order valence-electron chi connectivity index (χ1n) is 6.13. The van der Waals surface area contributed by atoms with Gasteiger partial charge in [-0.3, -0.25) is 9.78 Å². The molecule has 1 saturated heterocycles. The number of hydrogen-bond donors (Lipinski definition) is 1. The number of aromatic nitrogens is 1. The van der Waals surface area contributed by atoms with Crippen molar-refractivity contribution in [3.05, 3.63) is 30.1 Å². The Morgan fingerprint density at radius 3 is 3.12 bits per heavy atom. The van der Waals surface area contributed by atoms with Crippen LogP contribution in [-0.2, 0) is 11.3 Å². The number of carbonyl (C=O) groups is 1. The van der Waals surface area contributed by atoms with Crippen LogP contribution in [0.3, 0.4) is 0 Å². The maximum atomic E-state index is 12.0. The molecule has 1 atom stereocenters. The van der Waals surface area contributed by atoms with E-state index in [1.807, 2.05) is 25.2 Å². The van der Waals surface area contributed by atoms with E-state index in [9.17, 15) is 4.79 Å². The molecule has 0 radical (unpaired) electrons. The smallest absolute Gasteiger partial charge is 0.224 e. The molecule has 4 heteroatoms. The molecular weight excluding hydrogens is 214 g/mol. The summed E-state index contributed by atoms with van der Waals surface area (Å²) in [6.45, 7) is 1.63. The summed E-state index contributed by atoms with van der Waals surface area (Å²) in [4.78, 5) is 17.9. The van der Waals surface area contributed by atoms with Gasteiger partial charge in [-0.05, 0) is 31.5 Å². The summed E-state index contributed by atoms with van der Waals surface area (Å²) in [6.07, 6.45) is 4.65. The second-order valence-electron chi connectivity index (χ2n) is 4.57. The molecule has 0 saturated carbocycles. The Morgan fingerprint density at radius 2 is 2.47 bits per heavy atom. The summed E-state index contributed by atoms with van der Waals surface area (Å²) in [5.74, 6) is 0.190. The molecule has 4 nitrogen and oxygen atoms in total. The van der Waals surface area contributed by atoms with E-state index in [2.05, 4.69) is 10.3 Å². The molecule has 1 aliphatic rings. The Kier molecular flexibility index (Phi) is 4.09. The van der Waals surface area contributed by atoms with Crippen LogP contribution in [0.5, 0.6) is 0 Å². The minimum atomic E-state index is 0.190. The second-order valence-corrected chi connectivity index (χ2v) is 4.57. The SMILES string of the molecule is CN(Cc1ccccn1)C(=O)CC1CCCN1. The molecule has 0 aliphatic carbocycles. The lowest BCUT2D eigenvalue weighted by Gasteiger charge is -2.19. The maximum Gasteiger partial charge on any atom is 0.224 e. The van der Waals surface area contributed by atoms with E-state index in [0.717, 1.165) is 18.7 Å². The average Bonchev–Trinajstić information content (AvgIpc) is 2.83. The molecule has 92 valence electrons. The van der Waals surface area contributed by atoms with Crippen LogP contribution >= 0.6 is 0 Å². The number of nitrogens with zero attached hydrogens (tertiary/aromatic N) is 2. The maximum absolute atomic E-state index is 12.0. The molecule has 1 amide bonds. The molecule has 1 aromatic rings. The number of amides is 1. The third-order valence-electron chi connectivity index (χ3n) is 3.13. The van der Waals surface area contributed by atoms with Gasteiger partial charge in [0, 0.05) is 25.7 Å². The van der Waals surface area contributed by atoms with E-state index >= 15 is 0 Å². The highest BCUT2D eigenvalue weighted by Crippen LogP contribution is 2.10. The first-order chi connectivity index (χ1) is 8.25. The second kappa shape index (κ2) is 5.77. The fourth-order valence-electron chi connectivity index (χ4n) is 2.12. The normalized spacial score (nSPS) is 19.2. The molecule has 1 aliphatic heterocycles. The number of carbonyl (C=O) groups excluding carboxylic acids is 1.